The standard InChI is InChI=1S/C12H17N3O/c1-4-5-6-7-8-13-11-10(2)12(16-3)15-9-14-11/h1,9H,5-8H2,2-3H3,(H,13,14,15). The van der Waals surface area contributed by atoms with Gasteiger partial charge in [0.05, 0.1) is 12.7 Å². The van der Waals surface area contributed by atoms with Crippen molar-refractivity contribution in [1.29, 1.82) is 0 Å². The fraction of sp³-hybridized carbons (Fsp3) is 0.500. The van der Waals surface area contributed by atoms with Crippen LogP contribution in [0.4, 0.5) is 5.82 Å². The predicted octanol–water partition coefficient (Wildman–Crippen LogP) is 2.01. The summed E-state index contributed by atoms with van der Waals surface area (Å²) in [6.45, 7) is 2.80. The van der Waals surface area contributed by atoms with Crippen molar-refractivity contribution in [3.05, 3.63) is 11.9 Å². The number of hydrogen-bond acceptors (Lipinski definition) is 4. The molecule has 0 aliphatic carbocycles. The first-order chi connectivity index (χ1) is 7.79. The molecule has 4 heteroatoms. The van der Waals surface area contributed by atoms with Crippen LogP contribution in [0.15, 0.2) is 6.33 Å². The fourth-order valence-corrected chi connectivity index (χ4v) is 1.38. The molecule has 0 spiro atoms. The van der Waals surface area contributed by atoms with Crippen molar-refractivity contribution in [3.63, 3.8) is 0 Å². The molecule has 0 amide bonds. The highest BCUT2D eigenvalue weighted by molar-refractivity contribution is 5.47. The zero-order valence-electron chi connectivity index (χ0n) is 9.79. The minimum absolute atomic E-state index is 0.612. The van der Waals surface area contributed by atoms with Crippen molar-refractivity contribution in [2.75, 3.05) is 19.0 Å². The zero-order chi connectivity index (χ0) is 11.8. The van der Waals surface area contributed by atoms with Gasteiger partial charge >= 0.3 is 0 Å². The highest BCUT2D eigenvalue weighted by atomic mass is 16.5. The second-order valence-electron chi connectivity index (χ2n) is 3.44. The van der Waals surface area contributed by atoms with E-state index in [1.54, 1.807) is 7.11 Å². The summed E-state index contributed by atoms with van der Waals surface area (Å²) >= 11 is 0. The predicted molar refractivity (Wildman–Crippen MR) is 64.5 cm³/mol. The van der Waals surface area contributed by atoms with Crippen LogP contribution in [-0.4, -0.2) is 23.6 Å². The molecule has 0 aliphatic rings. The molecule has 1 aromatic heterocycles. The first kappa shape index (κ1) is 12.3. The Bertz CT molecular complexity index is 371. The second kappa shape index (κ2) is 6.67. The quantitative estimate of drug-likeness (QED) is 0.587. The maximum atomic E-state index is 5.18. The van der Waals surface area contributed by atoms with E-state index in [4.69, 9.17) is 11.2 Å². The van der Waals surface area contributed by atoms with Gasteiger partial charge < -0.3 is 10.1 Å². The average Bonchev–Trinajstić information content (AvgIpc) is 2.31. The van der Waals surface area contributed by atoms with Crippen molar-refractivity contribution in [2.24, 2.45) is 0 Å². The van der Waals surface area contributed by atoms with E-state index in [2.05, 4.69) is 21.2 Å². The van der Waals surface area contributed by atoms with Crippen LogP contribution < -0.4 is 10.1 Å². The molecule has 0 unspecified atom stereocenters. The molecule has 16 heavy (non-hydrogen) atoms. The van der Waals surface area contributed by atoms with E-state index in [-0.39, 0.29) is 0 Å². The molecule has 1 rings (SSSR count). The van der Waals surface area contributed by atoms with Crippen LogP contribution in [0.5, 0.6) is 5.88 Å². The maximum Gasteiger partial charge on any atom is 0.221 e. The van der Waals surface area contributed by atoms with Crippen molar-refractivity contribution in [1.82, 2.24) is 9.97 Å². The first-order valence-corrected chi connectivity index (χ1v) is 5.32. The van der Waals surface area contributed by atoms with E-state index in [9.17, 15) is 0 Å². The van der Waals surface area contributed by atoms with Gasteiger partial charge in [0.25, 0.3) is 0 Å². The summed E-state index contributed by atoms with van der Waals surface area (Å²) in [5.41, 5.74) is 0.932. The van der Waals surface area contributed by atoms with E-state index in [0.29, 0.717) is 5.88 Å². The smallest absolute Gasteiger partial charge is 0.221 e. The van der Waals surface area contributed by atoms with Crippen molar-refractivity contribution < 1.29 is 4.74 Å². The van der Waals surface area contributed by atoms with Gasteiger partial charge in [-0.15, -0.1) is 12.3 Å². The van der Waals surface area contributed by atoms with Gasteiger partial charge in [0.2, 0.25) is 5.88 Å². The topological polar surface area (TPSA) is 47.0 Å². The minimum Gasteiger partial charge on any atom is -0.481 e. The summed E-state index contributed by atoms with van der Waals surface area (Å²) in [7, 11) is 1.60. The molecule has 1 heterocycles. The number of rotatable bonds is 6. The third-order valence-corrected chi connectivity index (χ3v) is 2.27. The Morgan fingerprint density at radius 1 is 1.44 bits per heavy atom. The van der Waals surface area contributed by atoms with Gasteiger partial charge in [-0.1, -0.05) is 0 Å². The van der Waals surface area contributed by atoms with E-state index in [1.807, 2.05) is 6.92 Å². The van der Waals surface area contributed by atoms with Crippen LogP contribution in [0.1, 0.15) is 24.8 Å². The summed E-state index contributed by atoms with van der Waals surface area (Å²) in [6, 6.07) is 0. The lowest BCUT2D eigenvalue weighted by Gasteiger charge is -2.09. The van der Waals surface area contributed by atoms with Crippen molar-refractivity contribution >= 4 is 5.82 Å². The summed E-state index contributed by atoms with van der Waals surface area (Å²) in [6.07, 6.45) is 9.57. The number of anilines is 1. The number of unbranched alkanes of at least 4 members (excludes halogenated alkanes) is 2. The van der Waals surface area contributed by atoms with E-state index < -0.39 is 0 Å². The van der Waals surface area contributed by atoms with E-state index in [1.165, 1.54) is 6.33 Å². The van der Waals surface area contributed by atoms with Crippen LogP contribution in [0.25, 0.3) is 0 Å². The van der Waals surface area contributed by atoms with E-state index in [0.717, 1.165) is 37.2 Å². The Kier molecular flexibility index (Phi) is 5.13. The Labute approximate surface area is 96.5 Å². The van der Waals surface area contributed by atoms with Crippen LogP contribution in [0, 0.1) is 19.3 Å². The van der Waals surface area contributed by atoms with E-state index >= 15 is 0 Å². The van der Waals surface area contributed by atoms with Gasteiger partial charge in [0.1, 0.15) is 12.1 Å². The van der Waals surface area contributed by atoms with Crippen molar-refractivity contribution in [3.8, 4) is 18.2 Å². The van der Waals surface area contributed by atoms with Crippen LogP contribution >= 0.6 is 0 Å². The second-order valence-corrected chi connectivity index (χ2v) is 3.44. The largest absolute Gasteiger partial charge is 0.481 e. The average molecular weight is 219 g/mol. The maximum absolute atomic E-state index is 5.18. The monoisotopic (exact) mass is 219 g/mol. The van der Waals surface area contributed by atoms with Gasteiger partial charge in [-0.3, -0.25) is 0 Å². The number of hydrogen-bond donors (Lipinski definition) is 1. The summed E-state index contributed by atoms with van der Waals surface area (Å²) in [5, 5.41) is 3.25. The van der Waals surface area contributed by atoms with Gasteiger partial charge in [0.15, 0.2) is 0 Å². The lowest BCUT2D eigenvalue weighted by molar-refractivity contribution is 0.393. The Hall–Kier alpha value is -1.76. The lowest BCUT2D eigenvalue weighted by atomic mass is 10.2. The normalized spacial score (nSPS) is 9.56. The molecule has 0 radical (unpaired) electrons. The molecular formula is C12H17N3O. The molecular weight excluding hydrogens is 202 g/mol. The third kappa shape index (κ3) is 3.43. The number of nitrogens with zero attached hydrogens (tertiary/aromatic N) is 2. The third-order valence-electron chi connectivity index (χ3n) is 2.27. The molecule has 4 nitrogen and oxygen atoms in total. The molecule has 0 saturated carbocycles. The van der Waals surface area contributed by atoms with Crippen molar-refractivity contribution in [2.45, 2.75) is 26.2 Å². The number of aromatic nitrogens is 2. The SMILES string of the molecule is C#CCCCCNc1ncnc(OC)c1C. The highest BCUT2D eigenvalue weighted by Crippen LogP contribution is 2.19. The fourth-order valence-electron chi connectivity index (χ4n) is 1.38. The number of terminal acetylenes is 1. The molecule has 1 N–H and O–H groups in total. The molecule has 86 valence electrons. The number of nitrogens with one attached hydrogen (secondary N) is 1. The molecule has 1 aromatic rings. The molecule has 0 fully saturated rings. The molecule has 0 atom stereocenters. The molecule has 0 bridgehead atoms. The number of methoxy groups -OCH3 is 1. The molecule has 0 aromatic carbocycles. The van der Waals surface area contributed by atoms with Crippen LogP contribution in [0.3, 0.4) is 0 Å². The van der Waals surface area contributed by atoms with Gasteiger partial charge in [-0.25, -0.2) is 9.97 Å². The van der Waals surface area contributed by atoms with Gasteiger partial charge in [-0.2, -0.15) is 0 Å². The van der Waals surface area contributed by atoms with Gasteiger partial charge in [0, 0.05) is 13.0 Å². The first-order valence-electron chi connectivity index (χ1n) is 5.32. The summed E-state index contributed by atoms with van der Waals surface area (Å²) in [5.74, 6) is 4.06. The Balaban J connectivity index is 2.45. The Morgan fingerprint density at radius 3 is 2.94 bits per heavy atom. The highest BCUT2D eigenvalue weighted by Gasteiger charge is 2.05. The number of ether oxygens (including phenoxy) is 1. The lowest BCUT2D eigenvalue weighted by Crippen LogP contribution is -2.06. The van der Waals surface area contributed by atoms with Crippen LogP contribution in [0.2, 0.25) is 0 Å². The minimum atomic E-state index is 0.612. The molecule has 0 aliphatic heterocycles. The summed E-state index contributed by atoms with van der Waals surface area (Å²) < 4.78 is 5.11. The zero-order valence-corrected chi connectivity index (χ0v) is 9.79. The summed E-state index contributed by atoms with van der Waals surface area (Å²) in [4.78, 5) is 8.18. The molecule has 0 saturated heterocycles. The van der Waals surface area contributed by atoms with Crippen LogP contribution in [-0.2, 0) is 0 Å². The Morgan fingerprint density at radius 2 is 2.25 bits per heavy atom. The van der Waals surface area contributed by atoms with Gasteiger partial charge in [-0.05, 0) is 19.8 Å².